The fourth-order valence-corrected chi connectivity index (χ4v) is 5.19. The molecule has 1 unspecified atom stereocenters. The molecule has 3 heterocycles. The maximum absolute atomic E-state index is 13.5. The summed E-state index contributed by atoms with van der Waals surface area (Å²) in [5.74, 6) is -5.22. The SMILES string of the molecule is CCC(C)(C)C(=O)C(=O)N1[C@@H](C(=O)O)C(CCCc2cccnc2)[C@@]1(CCCc1cccnc1)C(=O)O. The van der Waals surface area contributed by atoms with Crippen molar-refractivity contribution in [2.75, 3.05) is 0 Å². The van der Waals surface area contributed by atoms with Crippen molar-refractivity contribution in [3.8, 4) is 0 Å². The molecule has 3 rings (SSSR count). The Morgan fingerprint density at radius 2 is 1.54 bits per heavy atom. The zero-order valence-electron chi connectivity index (χ0n) is 21.6. The molecule has 1 aliphatic rings. The third kappa shape index (κ3) is 5.70. The number of carboxylic acid groups (broad SMARTS) is 2. The van der Waals surface area contributed by atoms with Crippen LogP contribution in [-0.2, 0) is 32.0 Å². The highest BCUT2D eigenvalue weighted by Crippen LogP contribution is 2.49. The van der Waals surface area contributed by atoms with Crippen LogP contribution in [0.2, 0.25) is 0 Å². The number of ketones is 1. The third-order valence-electron chi connectivity index (χ3n) is 7.69. The number of carbonyl (C=O) groups is 4. The monoisotopic (exact) mass is 509 g/mol. The smallest absolute Gasteiger partial charge is 0.330 e. The Balaban J connectivity index is 1.93. The Kier molecular flexibility index (Phi) is 8.78. The van der Waals surface area contributed by atoms with E-state index in [4.69, 9.17) is 0 Å². The minimum atomic E-state index is -1.78. The highest BCUT2D eigenvalue weighted by atomic mass is 16.4. The van der Waals surface area contributed by atoms with E-state index in [0.29, 0.717) is 32.1 Å². The molecule has 0 saturated carbocycles. The third-order valence-corrected chi connectivity index (χ3v) is 7.69. The molecule has 9 heteroatoms. The average Bonchev–Trinajstić information content (AvgIpc) is 2.87. The van der Waals surface area contributed by atoms with E-state index in [-0.39, 0.29) is 12.8 Å². The Hall–Kier alpha value is -3.62. The molecule has 1 fully saturated rings. The molecule has 0 bridgehead atoms. The van der Waals surface area contributed by atoms with Crippen LogP contribution >= 0.6 is 0 Å². The van der Waals surface area contributed by atoms with Crippen LogP contribution in [0.25, 0.3) is 0 Å². The van der Waals surface area contributed by atoms with E-state index in [2.05, 4.69) is 9.97 Å². The largest absolute Gasteiger partial charge is 0.480 e. The molecule has 1 saturated heterocycles. The van der Waals surface area contributed by atoms with Crippen LogP contribution in [0.3, 0.4) is 0 Å². The van der Waals surface area contributed by atoms with Crippen LogP contribution in [-0.4, -0.2) is 60.3 Å². The number of nitrogens with zero attached hydrogens (tertiary/aromatic N) is 3. The predicted octanol–water partition coefficient (Wildman–Crippen LogP) is 3.56. The van der Waals surface area contributed by atoms with Gasteiger partial charge in [-0.15, -0.1) is 0 Å². The van der Waals surface area contributed by atoms with Gasteiger partial charge in [0.15, 0.2) is 0 Å². The first-order valence-electron chi connectivity index (χ1n) is 12.7. The van der Waals surface area contributed by atoms with E-state index < -0.39 is 46.5 Å². The second kappa shape index (κ2) is 11.6. The Labute approximate surface area is 216 Å². The van der Waals surface area contributed by atoms with Gasteiger partial charge in [-0.2, -0.15) is 0 Å². The summed E-state index contributed by atoms with van der Waals surface area (Å²) in [5.41, 5.74) is -0.951. The van der Waals surface area contributed by atoms with Gasteiger partial charge < -0.3 is 15.1 Å². The Morgan fingerprint density at radius 3 is 2.00 bits per heavy atom. The van der Waals surface area contributed by atoms with E-state index in [1.807, 2.05) is 12.1 Å². The summed E-state index contributed by atoms with van der Waals surface area (Å²) < 4.78 is 0. The first-order valence-corrected chi connectivity index (χ1v) is 12.7. The van der Waals surface area contributed by atoms with Gasteiger partial charge in [0.05, 0.1) is 0 Å². The predicted molar refractivity (Wildman–Crippen MR) is 136 cm³/mol. The van der Waals surface area contributed by atoms with Crippen molar-refractivity contribution < 1.29 is 29.4 Å². The van der Waals surface area contributed by atoms with E-state index in [1.54, 1.807) is 57.7 Å². The lowest BCUT2D eigenvalue weighted by atomic mass is 9.62. The molecular formula is C28H35N3O6. The highest BCUT2D eigenvalue weighted by molar-refractivity contribution is 6.39. The molecule has 2 aromatic heterocycles. The molecular weight excluding hydrogens is 474 g/mol. The molecule has 0 aromatic carbocycles. The standard InChI is InChI=1S/C28H35N3O6/c1-4-27(2,3)23(32)24(33)31-22(25(34)35)21(13-5-9-19-11-7-15-29-17-19)28(31,26(36)37)14-6-10-20-12-8-16-30-18-20/h7-8,11-12,15-18,21-22H,4-6,9-10,13-14H2,1-3H3,(H,34,35)(H,36,37)/t21?,22-,28+/m1/s1. The van der Waals surface area contributed by atoms with E-state index in [0.717, 1.165) is 16.0 Å². The summed E-state index contributed by atoms with van der Waals surface area (Å²) in [6, 6.07) is 5.99. The summed E-state index contributed by atoms with van der Waals surface area (Å²) in [4.78, 5) is 60.9. The number of Topliss-reactive ketones (excluding diaryl/α,β-unsaturated/α-hetero) is 1. The van der Waals surface area contributed by atoms with Gasteiger partial charge in [-0.25, -0.2) is 9.59 Å². The maximum atomic E-state index is 13.5. The Bertz CT molecular complexity index is 1120. The quantitative estimate of drug-likeness (QED) is 0.391. The summed E-state index contributed by atoms with van der Waals surface area (Å²) in [6.45, 7) is 4.98. The summed E-state index contributed by atoms with van der Waals surface area (Å²) in [6.07, 6.45) is 9.40. The molecule has 1 aliphatic heterocycles. The summed E-state index contributed by atoms with van der Waals surface area (Å²) in [5, 5.41) is 20.6. The van der Waals surface area contributed by atoms with Gasteiger partial charge in [-0.05, 0) is 68.2 Å². The first-order chi connectivity index (χ1) is 17.6. The van der Waals surface area contributed by atoms with Gasteiger partial charge in [0.1, 0.15) is 11.6 Å². The van der Waals surface area contributed by atoms with Crippen molar-refractivity contribution in [2.24, 2.45) is 11.3 Å². The second-order valence-electron chi connectivity index (χ2n) is 10.3. The average molecular weight is 510 g/mol. The number of rotatable bonds is 13. The lowest BCUT2D eigenvalue weighted by molar-refractivity contribution is -0.206. The highest BCUT2D eigenvalue weighted by Gasteiger charge is 2.69. The number of carboxylic acids is 2. The van der Waals surface area contributed by atoms with E-state index in [1.165, 1.54) is 0 Å². The first kappa shape index (κ1) is 28.0. The van der Waals surface area contributed by atoms with Gasteiger partial charge in [0.2, 0.25) is 5.78 Å². The summed E-state index contributed by atoms with van der Waals surface area (Å²) in [7, 11) is 0. The van der Waals surface area contributed by atoms with Crippen molar-refractivity contribution >= 4 is 23.6 Å². The molecule has 0 spiro atoms. The van der Waals surface area contributed by atoms with Gasteiger partial charge in [-0.3, -0.25) is 19.6 Å². The Morgan fingerprint density at radius 1 is 0.973 bits per heavy atom. The number of hydrogen-bond acceptors (Lipinski definition) is 6. The molecule has 37 heavy (non-hydrogen) atoms. The fraction of sp³-hybridized carbons (Fsp3) is 0.500. The number of likely N-dealkylation sites (tertiary alicyclic amines) is 1. The molecule has 198 valence electrons. The second-order valence-corrected chi connectivity index (χ2v) is 10.3. The number of aromatic nitrogens is 2. The van der Waals surface area contributed by atoms with Crippen LogP contribution in [0, 0.1) is 11.3 Å². The van der Waals surface area contributed by atoms with Crippen LogP contribution < -0.4 is 0 Å². The van der Waals surface area contributed by atoms with Gasteiger partial charge in [-0.1, -0.05) is 32.9 Å². The van der Waals surface area contributed by atoms with Crippen molar-refractivity contribution in [1.82, 2.24) is 14.9 Å². The van der Waals surface area contributed by atoms with Crippen molar-refractivity contribution in [3.63, 3.8) is 0 Å². The van der Waals surface area contributed by atoms with Gasteiger partial charge >= 0.3 is 11.9 Å². The zero-order valence-corrected chi connectivity index (χ0v) is 21.6. The molecule has 9 nitrogen and oxygen atoms in total. The van der Waals surface area contributed by atoms with E-state index in [9.17, 15) is 29.4 Å². The van der Waals surface area contributed by atoms with Crippen molar-refractivity contribution in [3.05, 3.63) is 60.2 Å². The molecule has 0 radical (unpaired) electrons. The van der Waals surface area contributed by atoms with Crippen LogP contribution in [0.4, 0.5) is 0 Å². The normalized spacial score (nSPS) is 21.2. The number of aliphatic carboxylic acids is 2. The number of amides is 1. The molecule has 2 N–H and O–H groups in total. The zero-order chi connectivity index (χ0) is 27.2. The topological polar surface area (TPSA) is 138 Å². The van der Waals surface area contributed by atoms with Gasteiger partial charge in [0, 0.05) is 36.1 Å². The number of pyridine rings is 2. The van der Waals surface area contributed by atoms with Crippen molar-refractivity contribution in [2.45, 2.75) is 77.3 Å². The van der Waals surface area contributed by atoms with Crippen LogP contribution in [0.1, 0.15) is 64.0 Å². The molecule has 0 aliphatic carbocycles. The number of aryl methyl sites for hydroxylation is 2. The number of carbonyl (C=O) groups excluding carboxylic acids is 2. The minimum absolute atomic E-state index is 0.0319. The summed E-state index contributed by atoms with van der Waals surface area (Å²) >= 11 is 0. The van der Waals surface area contributed by atoms with Crippen LogP contribution in [0.5, 0.6) is 0 Å². The molecule has 2 aromatic rings. The lowest BCUT2D eigenvalue weighted by Gasteiger charge is -2.60. The number of hydrogen-bond donors (Lipinski definition) is 2. The van der Waals surface area contributed by atoms with E-state index >= 15 is 0 Å². The van der Waals surface area contributed by atoms with Crippen LogP contribution in [0.15, 0.2) is 49.1 Å². The molecule has 3 atom stereocenters. The van der Waals surface area contributed by atoms with Crippen molar-refractivity contribution in [1.29, 1.82) is 0 Å². The maximum Gasteiger partial charge on any atom is 0.330 e. The molecule has 1 amide bonds. The minimum Gasteiger partial charge on any atom is -0.480 e. The van der Waals surface area contributed by atoms with Gasteiger partial charge in [0.25, 0.3) is 5.91 Å². The lowest BCUT2D eigenvalue weighted by Crippen LogP contribution is -2.80. The fourth-order valence-electron chi connectivity index (χ4n) is 5.19.